The average Bonchev–Trinajstić information content (AvgIpc) is 2.83. The molecule has 0 spiro atoms. The molecule has 0 radical (unpaired) electrons. The molecule has 0 atom stereocenters. The first-order valence-corrected chi connectivity index (χ1v) is 7.73. The lowest BCUT2D eigenvalue weighted by atomic mass is 10.3. The van der Waals surface area contributed by atoms with Crippen LogP contribution < -0.4 is 0 Å². The number of thioether (sulfide) groups is 1. The molecule has 0 N–H and O–H groups in total. The Bertz CT molecular complexity index is 569. The van der Waals surface area contributed by atoms with Crippen LogP contribution in [0.25, 0.3) is 0 Å². The van der Waals surface area contributed by atoms with E-state index in [1.165, 1.54) is 11.8 Å². The summed E-state index contributed by atoms with van der Waals surface area (Å²) >= 11 is 3.12. The molecule has 0 saturated carbocycles. The molecule has 0 fully saturated rings. The van der Waals surface area contributed by atoms with Crippen molar-refractivity contribution < 1.29 is 9.53 Å². The second kappa shape index (κ2) is 6.68. The molecule has 2 aromatic heterocycles. The van der Waals surface area contributed by atoms with E-state index in [2.05, 4.69) is 9.97 Å². The number of carbonyl (C=O) groups is 1. The second-order valence-electron chi connectivity index (χ2n) is 3.72. The molecule has 2 rings (SSSR count). The summed E-state index contributed by atoms with van der Waals surface area (Å²) in [4.78, 5) is 20.4. The summed E-state index contributed by atoms with van der Waals surface area (Å²) in [6.45, 7) is 4.13. The molecule has 2 heterocycles. The number of nitrogens with zero attached hydrogens (tertiary/aromatic N) is 2. The molecule has 19 heavy (non-hydrogen) atoms. The highest BCUT2D eigenvalue weighted by molar-refractivity contribution is 7.98. The molecule has 4 nitrogen and oxygen atoms in total. The molecule has 2 aromatic rings. The van der Waals surface area contributed by atoms with Gasteiger partial charge in [0.25, 0.3) is 0 Å². The third-order valence-electron chi connectivity index (χ3n) is 2.29. The lowest BCUT2D eigenvalue weighted by Crippen LogP contribution is -2.07. The van der Waals surface area contributed by atoms with E-state index >= 15 is 0 Å². The Hall–Kier alpha value is -1.40. The quantitative estimate of drug-likeness (QED) is 0.625. The second-order valence-corrected chi connectivity index (χ2v) is 5.75. The van der Waals surface area contributed by atoms with Crippen LogP contribution in [0.4, 0.5) is 0 Å². The first-order valence-electron chi connectivity index (χ1n) is 5.86. The zero-order valence-electron chi connectivity index (χ0n) is 10.8. The van der Waals surface area contributed by atoms with E-state index in [-0.39, 0.29) is 5.97 Å². The highest BCUT2D eigenvalue weighted by Gasteiger charge is 2.14. The number of rotatable bonds is 5. The van der Waals surface area contributed by atoms with Gasteiger partial charge in [0.15, 0.2) is 0 Å². The van der Waals surface area contributed by atoms with Crippen molar-refractivity contribution in [3.8, 4) is 0 Å². The van der Waals surface area contributed by atoms with E-state index in [0.29, 0.717) is 22.9 Å². The Labute approximate surface area is 120 Å². The molecule has 6 heteroatoms. The van der Waals surface area contributed by atoms with Gasteiger partial charge in [-0.15, -0.1) is 11.3 Å². The fourth-order valence-corrected chi connectivity index (χ4v) is 3.08. The van der Waals surface area contributed by atoms with Crippen LogP contribution in [0.5, 0.6) is 0 Å². The van der Waals surface area contributed by atoms with Crippen LogP contribution in [-0.2, 0) is 10.5 Å². The number of carbonyl (C=O) groups excluding carboxylic acids is 1. The van der Waals surface area contributed by atoms with Crippen molar-refractivity contribution in [2.75, 3.05) is 6.61 Å². The number of aryl methyl sites for hydroxylation is 1. The third-order valence-corrected chi connectivity index (χ3v) is 4.15. The van der Waals surface area contributed by atoms with E-state index in [1.807, 2.05) is 12.3 Å². The largest absolute Gasteiger partial charge is 0.462 e. The van der Waals surface area contributed by atoms with Gasteiger partial charge in [0.05, 0.1) is 22.9 Å². The number of esters is 1. The summed E-state index contributed by atoms with van der Waals surface area (Å²) < 4.78 is 5.02. The van der Waals surface area contributed by atoms with Gasteiger partial charge >= 0.3 is 5.97 Å². The van der Waals surface area contributed by atoms with E-state index < -0.39 is 0 Å². The highest BCUT2D eigenvalue weighted by Crippen LogP contribution is 2.25. The smallest absolute Gasteiger partial charge is 0.340 e. The van der Waals surface area contributed by atoms with Gasteiger partial charge in [-0.1, -0.05) is 11.8 Å². The van der Waals surface area contributed by atoms with Gasteiger partial charge in [-0.2, -0.15) is 0 Å². The number of thiazole rings is 1. The SMILES string of the molecule is CCOC(=O)c1cccnc1SCc1csc(C)n1. The predicted octanol–water partition coefficient (Wildman–Crippen LogP) is 3.32. The normalized spacial score (nSPS) is 10.4. The zero-order valence-corrected chi connectivity index (χ0v) is 12.4. The Morgan fingerprint density at radius 3 is 3.05 bits per heavy atom. The molecular weight excluding hydrogens is 280 g/mol. The maximum absolute atomic E-state index is 11.8. The van der Waals surface area contributed by atoms with Crippen molar-refractivity contribution in [2.45, 2.75) is 24.6 Å². The van der Waals surface area contributed by atoms with Crippen LogP contribution in [0.2, 0.25) is 0 Å². The molecular formula is C13H14N2O2S2. The Morgan fingerprint density at radius 1 is 1.53 bits per heavy atom. The summed E-state index contributed by atoms with van der Waals surface area (Å²) in [6.07, 6.45) is 1.68. The van der Waals surface area contributed by atoms with E-state index in [1.54, 1.807) is 36.6 Å². The zero-order chi connectivity index (χ0) is 13.7. The van der Waals surface area contributed by atoms with Gasteiger partial charge in [0.1, 0.15) is 5.03 Å². The van der Waals surface area contributed by atoms with Crippen molar-refractivity contribution in [3.63, 3.8) is 0 Å². The maximum Gasteiger partial charge on any atom is 0.340 e. The van der Waals surface area contributed by atoms with Crippen LogP contribution in [0.1, 0.15) is 28.0 Å². The molecule has 0 aliphatic heterocycles. The van der Waals surface area contributed by atoms with Crippen molar-refractivity contribution in [3.05, 3.63) is 40.0 Å². The van der Waals surface area contributed by atoms with Crippen LogP contribution in [0.15, 0.2) is 28.7 Å². The molecule has 0 aliphatic rings. The molecule has 0 aliphatic carbocycles. The van der Waals surface area contributed by atoms with Gasteiger partial charge in [0, 0.05) is 17.3 Å². The van der Waals surface area contributed by atoms with Gasteiger partial charge < -0.3 is 4.74 Å². The minimum Gasteiger partial charge on any atom is -0.462 e. The number of pyridine rings is 1. The molecule has 100 valence electrons. The monoisotopic (exact) mass is 294 g/mol. The lowest BCUT2D eigenvalue weighted by molar-refractivity contribution is 0.0521. The Kier molecular flexibility index (Phi) is 4.93. The number of hydrogen-bond donors (Lipinski definition) is 0. The van der Waals surface area contributed by atoms with Gasteiger partial charge in [-0.05, 0) is 26.0 Å². The highest BCUT2D eigenvalue weighted by atomic mass is 32.2. The lowest BCUT2D eigenvalue weighted by Gasteiger charge is -2.06. The van der Waals surface area contributed by atoms with E-state index in [9.17, 15) is 4.79 Å². The molecule has 0 unspecified atom stereocenters. The molecule has 0 bridgehead atoms. The molecule has 0 aromatic carbocycles. The van der Waals surface area contributed by atoms with Crippen LogP contribution >= 0.6 is 23.1 Å². The number of hydrogen-bond acceptors (Lipinski definition) is 6. The maximum atomic E-state index is 11.8. The number of ether oxygens (including phenoxy) is 1. The first-order chi connectivity index (χ1) is 9.20. The summed E-state index contributed by atoms with van der Waals surface area (Å²) in [6, 6.07) is 3.48. The fraction of sp³-hybridized carbons (Fsp3) is 0.308. The van der Waals surface area contributed by atoms with E-state index in [0.717, 1.165) is 10.7 Å². The first kappa shape index (κ1) is 14.0. The van der Waals surface area contributed by atoms with Crippen LogP contribution in [0.3, 0.4) is 0 Å². The summed E-state index contributed by atoms with van der Waals surface area (Å²) in [7, 11) is 0. The standard InChI is InChI=1S/C13H14N2O2S2/c1-3-17-13(16)11-5-4-6-14-12(11)19-8-10-7-18-9(2)15-10/h4-7H,3,8H2,1-2H3. The van der Waals surface area contributed by atoms with Crippen molar-refractivity contribution >= 4 is 29.1 Å². The Morgan fingerprint density at radius 2 is 2.37 bits per heavy atom. The third kappa shape index (κ3) is 3.78. The minimum absolute atomic E-state index is 0.326. The van der Waals surface area contributed by atoms with Gasteiger partial charge in [-0.3, -0.25) is 0 Å². The van der Waals surface area contributed by atoms with Crippen molar-refractivity contribution in [1.29, 1.82) is 0 Å². The Balaban J connectivity index is 2.09. The van der Waals surface area contributed by atoms with Gasteiger partial charge in [-0.25, -0.2) is 14.8 Å². The fourth-order valence-electron chi connectivity index (χ4n) is 1.49. The topological polar surface area (TPSA) is 52.1 Å². The predicted molar refractivity (Wildman–Crippen MR) is 76.6 cm³/mol. The average molecular weight is 294 g/mol. The summed E-state index contributed by atoms with van der Waals surface area (Å²) in [5.41, 5.74) is 1.52. The molecule has 0 amide bonds. The van der Waals surface area contributed by atoms with Crippen LogP contribution in [-0.4, -0.2) is 22.5 Å². The number of aromatic nitrogens is 2. The van der Waals surface area contributed by atoms with Gasteiger partial charge in [0.2, 0.25) is 0 Å². The van der Waals surface area contributed by atoms with E-state index in [4.69, 9.17) is 4.74 Å². The van der Waals surface area contributed by atoms with Crippen molar-refractivity contribution in [2.24, 2.45) is 0 Å². The minimum atomic E-state index is -0.326. The van der Waals surface area contributed by atoms with Crippen molar-refractivity contribution in [1.82, 2.24) is 9.97 Å². The molecule has 0 saturated heterocycles. The van der Waals surface area contributed by atoms with Crippen LogP contribution in [0, 0.1) is 6.92 Å². The summed E-state index contributed by atoms with van der Waals surface area (Å²) in [5, 5.41) is 3.75. The summed E-state index contributed by atoms with van der Waals surface area (Å²) in [5.74, 6) is 0.376.